The van der Waals surface area contributed by atoms with Gasteiger partial charge in [0.2, 0.25) is 0 Å². The van der Waals surface area contributed by atoms with Crippen LogP contribution >= 0.6 is 0 Å². The van der Waals surface area contributed by atoms with Gasteiger partial charge in [-0.2, -0.15) is 5.26 Å². The molecular formula is C70H58N4. The SMILES string of the molecule is Cc1cc(C)cc(-c2ccc3c4ccc(-c5cc(C)cc(C)c5)cc4n(-c4cc(C#N)cc(-n5c6cc(-c7cc(C)cc(C)c7)ccc6c6ccc(-c7cc(C)cc(C)c7)cc65)c4-c4cc(C)nc(C)c4)c3c2)c1. The molecule has 3 aromatic heterocycles. The fraction of sp³-hybridized carbons (Fsp3) is 0.143. The van der Waals surface area contributed by atoms with Crippen molar-refractivity contribution in [1.29, 1.82) is 5.26 Å². The molecular weight excluding hydrogens is 897 g/mol. The first-order chi connectivity index (χ1) is 35.6. The second-order valence-corrected chi connectivity index (χ2v) is 21.2. The van der Waals surface area contributed by atoms with E-state index in [9.17, 15) is 5.26 Å². The smallest absolute Gasteiger partial charge is 0.0993 e. The lowest BCUT2D eigenvalue weighted by Gasteiger charge is -2.22. The van der Waals surface area contributed by atoms with E-state index in [0.717, 1.165) is 99.8 Å². The number of hydrogen-bond donors (Lipinski definition) is 0. The summed E-state index contributed by atoms with van der Waals surface area (Å²) >= 11 is 0. The molecule has 0 aliphatic rings. The van der Waals surface area contributed by atoms with Crippen LogP contribution in [0.4, 0.5) is 0 Å². The molecule has 74 heavy (non-hydrogen) atoms. The minimum Gasteiger partial charge on any atom is -0.308 e. The highest BCUT2D eigenvalue weighted by Crippen LogP contribution is 2.46. The average Bonchev–Trinajstić information content (AvgIpc) is 3.85. The highest BCUT2D eigenvalue weighted by molar-refractivity contribution is 6.14. The van der Waals surface area contributed by atoms with E-state index >= 15 is 0 Å². The molecule has 12 rings (SSSR count). The highest BCUT2D eigenvalue weighted by Gasteiger charge is 2.25. The minimum absolute atomic E-state index is 0.568. The van der Waals surface area contributed by atoms with Gasteiger partial charge < -0.3 is 9.13 Å². The zero-order valence-electron chi connectivity index (χ0n) is 44.0. The van der Waals surface area contributed by atoms with Crippen LogP contribution in [0, 0.1) is 80.6 Å². The van der Waals surface area contributed by atoms with E-state index in [0.29, 0.717) is 5.56 Å². The monoisotopic (exact) mass is 954 g/mol. The number of fused-ring (bicyclic) bond motifs is 6. The maximum absolute atomic E-state index is 11.4. The topological polar surface area (TPSA) is 46.5 Å². The van der Waals surface area contributed by atoms with E-state index < -0.39 is 0 Å². The number of rotatable bonds is 7. The molecule has 0 fully saturated rings. The Morgan fingerprint density at radius 3 is 0.824 bits per heavy atom. The first kappa shape index (κ1) is 46.3. The number of nitriles is 1. The number of aryl methyl sites for hydroxylation is 10. The van der Waals surface area contributed by atoms with E-state index in [2.05, 4.69) is 254 Å². The van der Waals surface area contributed by atoms with Gasteiger partial charge in [-0.3, -0.25) is 4.98 Å². The van der Waals surface area contributed by atoms with Crippen molar-refractivity contribution in [3.8, 4) is 73.1 Å². The van der Waals surface area contributed by atoms with Gasteiger partial charge in [0.1, 0.15) is 0 Å². The van der Waals surface area contributed by atoms with Crippen molar-refractivity contribution in [3.05, 3.63) is 231 Å². The van der Waals surface area contributed by atoms with Gasteiger partial charge in [-0.25, -0.2) is 0 Å². The summed E-state index contributed by atoms with van der Waals surface area (Å²) in [6, 6.07) is 66.2. The zero-order chi connectivity index (χ0) is 51.3. The molecule has 0 saturated heterocycles. The van der Waals surface area contributed by atoms with E-state index in [1.54, 1.807) is 0 Å². The Morgan fingerprint density at radius 1 is 0.297 bits per heavy atom. The van der Waals surface area contributed by atoms with Gasteiger partial charge in [-0.05, 0) is 168 Å². The van der Waals surface area contributed by atoms with Crippen molar-refractivity contribution in [2.75, 3.05) is 0 Å². The molecule has 0 spiro atoms. The number of hydrogen-bond acceptors (Lipinski definition) is 2. The molecule has 0 N–H and O–H groups in total. The molecule has 358 valence electrons. The van der Waals surface area contributed by atoms with Crippen LogP contribution in [0.3, 0.4) is 0 Å². The van der Waals surface area contributed by atoms with Crippen LogP contribution in [-0.4, -0.2) is 14.1 Å². The maximum atomic E-state index is 11.4. The number of nitrogens with zero attached hydrogens (tertiary/aromatic N) is 4. The fourth-order valence-corrected chi connectivity index (χ4v) is 12.1. The predicted molar refractivity (Wildman–Crippen MR) is 312 cm³/mol. The molecule has 4 nitrogen and oxygen atoms in total. The van der Waals surface area contributed by atoms with Gasteiger partial charge in [0.25, 0.3) is 0 Å². The third-order valence-electron chi connectivity index (χ3n) is 14.8. The molecule has 0 aliphatic carbocycles. The van der Waals surface area contributed by atoms with Gasteiger partial charge >= 0.3 is 0 Å². The standard InChI is InChI=1S/C70H58N4/c1-40-19-41(2)24-55(23-40)51-11-15-60-61-16-12-52(56-25-42(3)20-43(4)26-56)36-65(61)73(64(60)35-51)68-33-50(39-71)34-69(70(68)59-31-48(9)72-49(10)32-59)74-66-37-53(57-27-44(5)21-45(6)28-57)13-17-62(66)63-18-14-54(38-67(63)74)58-29-46(7)22-47(8)30-58/h11-38H,1-10H3. The van der Waals surface area contributed by atoms with Crippen molar-refractivity contribution in [3.63, 3.8) is 0 Å². The summed E-state index contributed by atoms with van der Waals surface area (Å²) in [5, 5.41) is 16.0. The fourth-order valence-electron chi connectivity index (χ4n) is 12.1. The molecule has 3 heterocycles. The summed E-state index contributed by atoms with van der Waals surface area (Å²) in [4.78, 5) is 4.95. The summed E-state index contributed by atoms with van der Waals surface area (Å²) in [5.41, 5.74) is 29.6. The molecule has 12 aromatic rings. The lowest BCUT2D eigenvalue weighted by molar-refractivity contribution is 1.11. The van der Waals surface area contributed by atoms with Crippen molar-refractivity contribution < 1.29 is 0 Å². The third kappa shape index (κ3) is 8.16. The lowest BCUT2D eigenvalue weighted by atomic mass is 9.96. The first-order valence-corrected chi connectivity index (χ1v) is 25.7. The van der Waals surface area contributed by atoms with Crippen molar-refractivity contribution >= 4 is 43.6 Å². The first-order valence-electron chi connectivity index (χ1n) is 25.7. The largest absolute Gasteiger partial charge is 0.308 e. The molecule has 0 atom stereocenters. The number of benzene rings is 9. The molecule has 4 heteroatoms. The quantitative estimate of drug-likeness (QED) is 0.160. The maximum Gasteiger partial charge on any atom is 0.0993 e. The van der Waals surface area contributed by atoms with E-state index in [4.69, 9.17) is 4.98 Å². The zero-order valence-corrected chi connectivity index (χ0v) is 44.0. The molecule has 0 aliphatic heterocycles. The Balaban J connectivity index is 1.26. The Kier molecular flexibility index (Phi) is 11.1. The summed E-state index contributed by atoms with van der Waals surface area (Å²) in [7, 11) is 0. The van der Waals surface area contributed by atoms with Crippen LogP contribution in [0.2, 0.25) is 0 Å². The van der Waals surface area contributed by atoms with E-state index in [-0.39, 0.29) is 0 Å². The normalized spacial score (nSPS) is 11.6. The van der Waals surface area contributed by atoms with Crippen LogP contribution < -0.4 is 0 Å². The molecule has 0 unspecified atom stereocenters. The van der Waals surface area contributed by atoms with Crippen LogP contribution in [0.1, 0.15) is 61.5 Å². The van der Waals surface area contributed by atoms with Crippen LogP contribution in [0.5, 0.6) is 0 Å². The van der Waals surface area contributed by atoms with Crippen molar-refractivity contribution in [2.24, 2.45) is 0 Å². The van der Waals surface area contributed by atoms with Gasteiger partial charge in [0.15, 0.2) is 0 Å². The Labute approximate surface area is 434 Å². The molecule has 9 aromatic carbocycles. The Morgan fingerprint density at radius 2 is 0.568 bits per heavy atom. The second-order valence-electron chi connectivity index (χ2n) is 21.2. The van der Waals surface area contributed by atoms with E-state index in [1.807, 2.05) is 0 Å². The van der Waals surface area contributed by atoms with E-state index in [1.165, 1.54) is 66.8 Å². The third-order valence-corrected chi connectivity index (χ3v) is 14.8. The van der Waals surface area contributed by atoms with Crippen LogP contribution in [0.25, 0.3) is 111 Å². The molecule has 0 radical (unpaired) electrons. The summed E-state index contributed by atoms with van der Waals surface area (Å²) in [5.74, 6) is 0. The van der Waals surface area contributed by atoms with Crippen LogP contribution in [0.15, 0.2) is 170 Å². The van der Waals surface area contributed by atoms with Gasteiger partial charge in [-0.1, -0.05) is 166 Å². The minimum atomic E-state index is 0.568. The summed E-state index contributed by atoms with van der Waals surface area (Å²) < 4.78 is 4.90. The lowest BCUT2D eigenvalue weighted by Crippen LogP contribution is -2.06. The van der Waals surface area contributed by atoms with Crippen LogP contribution in [-0.2, 0) is 0 Å². The van der Waals surface area contributed by atoms with Gasteiger partial charge in [0.05, 0.1) is 45.1 Å². The number of aromatic nitrogens is 3. The van der Waals surface area contributed by atoms with Crippen molar-refractivity contribution in [2.45, 2.75) is 69.2 Å². The van der Waals surface area contributed by atoms with Gasteiger partial charge in [0, 0.05) is 38.5 Å². The van der Waals surface area contributed by atoms with Gasteiger partial charge in [-0.15, -0.1) is 0 Å². The predicted octanol–water partition coefficient (Wildman–Crippen LogP) is 18.6. The Hall–Kier alpha value is -8.78. The van der Waals surface area contributed by atoms with Crippen molar-refractivity contribution in [1.82, 2.24) is 14.1 Å². The summed E-state index contributed by atoms with van der Waals surface area (Å²) in [6.07, 6.45) is 0. The summed E-state index contributed by atoms with van der Waals surface area (Å²) in [6.45, 7) is 21.5. The molecule has 0 amide bonds. The molecule has 0 saturated carbocycles. The Bertz CT molecular complexity index is 3810. The highest BCUT2D eigenvalue weighted by atomic mass is 15.0. The second kappa shape index (κ2) is 17.8. The molecule has 0 bridgehead atoms. The number of pyridine rings is 1. The average molecular weight is 955 g/mol.